The van der Waals surface area contributed by atoms with Crippen LogP contribution >= 0.6 is 0 Å². The van der Waals surface area contributed by atoms with Gasteiger partial charge in [0.1, 0.15) is 5.92 Å². The molecule has 2 N–H and O–H groups in total. The van der Waals surface area contributed by atoms with Gasteiger partial charge in [-0.05, 0) is 18.6 Å². The summed E-state index contributed by atoms with van der Waals surface area (Å²) in [7, 11) is 1.58. The van der Waals surface area contributed by atoms with Crippen molar-refractivity contribution in [2.24, 2.45) is 5.92 Å². The lowest BCUT2D eigenvalue weighted by Crippen LogP contribution is -2.48. The highest BCUT2D eigenvalue weighted by molar-refractivity contribution is 5.77. The Balaban J connectivity index is 1.90. The van der Waals surface area contributed by atoms with Gasteiger partial charge in [0.2, 0.25) is 0 Å². The molecule has 0 radical (unpaired) electrons. The molecule has 7 heteroatoms. The maximum atomic E-state index is 12.1. The molecule has 2 heterocycles. The maximum absolute atomic E-state index is 12.1. The summed E-state index contributed by atoms with van der Waals surface area (Å²) in [6, 6.07) is 2.99. The number of carboxylic acid groups (broad SMARTS) is 1. The molecule has 2 unspecified atom stereocenters. The summed E-state index contributed by atoms with van der Waals surface area (Å²) in [5.74, 6) is -1.62. The molecule has 1 aliphatic rings. The van der Waals surface area contributed by atoms with E-state index in [1.807, 2.05) is 19.1 Å². The van der Waals surface area contributed by atoms with E-state index in [-0.39, 0.29) is 19.2 Å². The Morgan fingerprint density at radius 2 is 2.24 bits per heavy atom. The number of carbonyl (C=O) groups excluding carboxylic acids is 1. The van der Waals surface area contributed by atoms with Crippen molar-refractivity contribution in [2.45, 2.75) is 19.5 Å². The Kier molecular flexibility index (Phi) is 4.74. The predicted molar refractivity (Wildman–Crippen MR) is 74.7 cm³/mol. The van der Waals surface area contributed by atoms with Gasteiger partial charge in [0.05, 0.1) is 19.3 Å². The van der Waals surface area contributed by atoms with E-state index in [4.69, 9.17) is 9.84 Å². The Bertz CT molecular complexity index is 517. The highest BCUT2D eigenvalue weighted by Gasteiger charge is 2.38. The van der Waals surface area contributed by atoms with E-state index in [9.17, 15) is 9.59 Å². The van der Waals surface area contributed by atoms with Crippen LogP contribution in [0, 0.1) is 12.8 Å². The predicted octanol–water partition coefficient (Wildman–Crippen LogP) is 0.631. The van der Waals surface area contributed by atoms with Crippen LogP contribution < -0.4 is 5.32 Å². The lowest BCUT2D eigenvalue weighted by molar-refractivity contribution is -0.142. The second-order valence-electron chi connectivity index (χ2n) is 5.13. The Hall–Kier alpha value is -2.15. The van der Waals surface area contributed by atoms with Gasteiger partial charge in [-0.15, -0.1) is 0 Å². The molecular formula is C14H19N3O4. The number of nitrogens with zero attached hydrogens (tertiary/aromatic N) is 2. The van der Waals surface area contributed by atoms with Gasteiger partial charge >= 0.3 is 12.0 Å². The Labute approximate surface area is 122 Å². The number of amides is 2. The second-order valence-corrected chi connectivity index (χ2v) is 5.13. The normalized spacial score (nSPS) is 21.0. The number of ether oxygens (including phenoxy) is 1. The zero-order valence-corrected chi connectivity index (χ0v) is 12.1. The number of aryl methyl sites for hydroxylation is 1. The molecule has 1 aliphatic heterocycles. The van der Waals surface area contributed by atoms with Crippen LogP contribution in [-0.4, -0.2) is 53.3 Å². The van der Waals surface area contributed by atoms with Gasteiger partial charge in [0.15, 0.2) is 0 Å². The van der Waals surface area contributed by atoms with Gasteiger partial charge in [0, 0.05) is 25.5 Å². The van der Waals surface area contributed by atoms with Crippen molar-refractivity contribution in [1.82, 2.24) is 15.2 Å². The number of aromatic nitrogens is 1. The summed E-state index contributed by atoms with van der Waals surface area (Å²) in [5.41, 5.74) is 1.80. The van der Waals surface area contributed by atoms with Gasteiger partial charge in [-0.3, -0.25) is 9.78 Å². The molecule has 7 nitrogen and oxygen atoms in total. The van der Waals surface area contributed by atoms with Crippen LogP contribution in [0.2, 0.25) is 0 Å². The molecule has 2 rings (SSSR count). The summed E-state index contributed by atoms with van der Waals surface area (Å²) < 4.78 is 5.17. The number of rotatable bonds is 4. The fourth-order valence-corrected chi connectivity index (χ4v) is 2.22. The van der Waals surface area contributed by atoms with Crippen LogP contribution in [0.4, 0.5) is 4.79 Å². The van der Waals surface area contributed by atoms with Gasteiger partial charge in [-0.25, -0.2) is 4.79 Å². The first-order valence-corrected chi connectivity index (χ1v) is 6.72. The smallest absolute Gasteiger partial charge is 0.317 e. The lowest BCUT2D eigenvalue weighted by atomic mass is 10.0. The van der Waals surface area contributed by atoms with E-state index in [1.165, 1.54) is 4.90 Å². The van der Waals surface area contributed by atoms with Crippen molar-refractivity contribution in [3.63, 3.8) is 0 Å². The third-order valence-corrected chi connectivity index (χ3v) is 3.60. The van der Waals surface area contributed by atoms with E-state index in [0.717, 1.165) is 11.3 Å². The monoisotopic (exact) mass is 293 g/mol. The molecule has 0 aromatic carbocycles. The van der Waals surface area contributed by atoms with Crippen molar-refractivity contribution in [3.05, 3.63) is 29.6 Å². The maximum Gasteiger partial charge on any atom is 0.317 e. The number of carboxylic acids is 1. The summed E-state index contributed by atoms with van der Waals surface area (Å²) in [4.78, 5) is 28.7. The number of aliphatic carboxylic acids is 1. The molecule has 1 aromatic rings. The van der Waals surface area contributed by atoms with Crippen LogP contribution in [-0.2, 0) is 16.1 Å². The SMILES string of the molecule is Cc1ccc(CNC(=O)N(C)C2COCC2C(=O)O)cn1. The zero-order chi connectivity index (χ0) is 15.4. The van der Waals surface area contributed by atoms with E-state index in [0.29, 0.717) is 6.54 Å². The zero-order valence-electron chi connectivity index (χ0n) is 12.1. The molecule has 0 saturated carbocycles. The van der Waals surface area contributed by atoms with Crippen LogP contribution in [0.15, 0.2) is 18.3 Å². The molecule has 1 saturated heterocycles. The number of hydrogen-bond acceptors (Lipinski definition) is 4. The highest BCUT2D eigenvalue weighted by atomic mass is 16.5. The van der Waals surface area contributed by atoms with Crippen molar-refractivity contribution in [1.29, 1.82) is 0 Å². The lowest BCUT2D eigenvalue weighted by Gasteiger charge is -2.26. The van der Waals surface area contributed by atoms with E-state index in [1.54, 1.807) is 13.2 Å². The number of carbonyl (C=O) groups is 2. The minimum Gasteiger partial charge on any atom is -0.481 e. The van der Waals surface area contributed by atoms with Crippen LogP contribution in [0.5, 0.6) is 0 Å². The van der Waals surface area contributed by atoms with Crippen LogP contribution in [0.25, 0.3) is 0 Å². The third-order valence-electron chi connectivity index (χ3n) is 3.60. The summed E-state index contributed by atoms with van der Waals surface area (Å²) in [5, 5.41) is 11.9. The van der Waals surface area contributed by atoms with E-state index in [2.05, 4.69) is 10.3 Å². The fourth-order valence-electron chi connectivity index (χ4n) is 2.22. The molecule has 2 atom stereocenters. The molecule has 2 amide bonds. The quantitative estimate of drug-likeness (QED) is 0.849. The molecule has 0 spiro atoms. The first-order chi connectivity index (χ1) is 9.99. The summed E-state index contributed by atoms with van der Waals surface area (Å²) in [6.07, 6.45) is 1.70. The summed E-state index contributed by atoms with van der Waals surface area (Å²) >= 11 is 0. The largest absolute Gasteiger partial charge is 0.481 e. The minimum atomic E-state index is -0.945. The Morgan fingerprint density at radius 3 is 2.86 bits per heavy atom. The number of urea groups is 1. The van der Waals surface area contributed by atoms with Gasteiger partial charge in [0.25, 0.3) is 0 Å². The number of hydrogen-bond donors (Lipinski definition) is 2. The number of pyridine rings is 1. The van der Waals surface area contributed by atoms with Crippen LogP contribution in [0.3, 0.4) is 0 Å². The van der Waals surface area contributed by atoms with E-state index < -0.39 is 17.9 Å². The standard InChI is InChI=1S/C14H19N3O4/c1-9-3-4-10(5-15-9)6-16-14(20)17(2)12-8-21-7-11(12)13(18)19/h3-5,11-12H,6-8H2,1-2H3,(H,16,20)(H,18,19). The molecule has 0 aliphatic carbocycles. The highest BCUT2D eigenvalue weighted by Crippen LogP contribution is 2.19. The fraction of sp³-hybridized carbons (Fsp3) is 0.500. The van der Waals surface area contributed by atoms with Crippen molar-refractivity contribution >= 4 is 12.0 Å². The molecule has 114 valence electrons. The van der Waals surface area contributed by atoms with E-state index >= 15 is 0 Å². The molecule has 1 aromatic heterocycles. The number of nitrogens with one attached hydrogen (secondary N) is 1. The average Bonchev–Trinajstić information content (AvgIpc) is 2.95. The summed E-state index contributed by atoms with van der Waals surface area (Å²) in [6.45, 7) is 2.62. The molecule has 21 heavy (non-hydrogen) atoms. The molecular weight excluding hydrogens is 274 g/mol. The minimum absolute atomic E-state index is 0.138. The van der Waals surface area contributed by atoms with Crippen molar-refractivity contribution in [2.75, 3.05) is 20.3 Å². The van der Waals surface area contributed by atoms with Crippen molar-refractivity contribution in [3.8, 4) is 0 Å². The molecule has 0 bridgehead atoms. The first-order valence-electron chi connectivity index (χ1n) is 6.72. The topological polar surface area (TPSA) is 91.8 Å². The third kappa shape index (κ3) is 3.69. The molecule has 1 fully saturated rings. The van der Waals surface area contributed by atoms with Crippen molar-refractivity contribution < 1.29 is 19.4 Å². The van der Waals surface area contributed by atoms with Gasteiger partial charge in [-0.1, -0.05) is 6.07 Å². The van der Waals surface area contributed by atoms with Gasteiger partial charge < -0.3 is 20.1 Å². The van der Waals surface area contributed by atoms with Gasteiger partial charge in [-0.2, -0.15) is 0 Å². The first kappa shape index (κ1) is 15.2. The number of likely N-dealkylation sites (N-methyl/N-ethyl adjacent to an activating group) is 1. The Morgan fingerprint density at radius 1 is 1.48 bits per heavy atom. The average molecular weight is 293 g/mol. The second kappa shape index (κ2) is 6.53. The van der Waals surface area contributed by atoms with Crippen LogP contribution in [0.1, 0.15) is 11.3 Å².